The molecule has 2 bridgehead atoms. The molecule has 5 atom stereocenters. The second-order valence-electron chi connectivity index (χ2n) is 12.5. The van der Waals surface area contributed by atoms with Crippen LogP contribution < -0.4 is 9.47 Å². The number of hydrogen-bond donors (Lipinski definition) is 1. The average molecular weight is 583 g/mol. The van der Waals surface area contributed by atoms with E-state index in [2.05, 4.69) is 59.0 Å². The lowest BCUT2D eigenvalue weighted by Crippen LogP contribution is -2.45. The monoisotopic (exact) mass is 582 g/mol. The maximum Gasteiger partial charge on any atom is 0.193 e. The van der Waals surface area contributed by atoms with Crippen molar-refractivity contribution in [2.24, 2.45) is 5.92 Å². The van der Waals surface area contributed by atoms with Crippen LogP contribution in [0.4, 0.5) is 0 Å². The van der Waals surface area contributed by atoms with E-state index >= 15 is 0 Å². The minimum absolute atomic E-state index is 0.0445. The predicted octanol–water partition coefficient (Wildman–Crippen LogP) is 7.88. The Morgan fingerprint density at radius 3 is 2.35 bits per heavy atom. The van der Waals surface area contributed by atoms with Crippen LogP contribution in [0.2, 0.25) is 18.1 Å². The molecule has 8 heteroatoms. The van der Waals surface area contributed by atoms with E-state index in [1.165, 1.54) is 0 Å². The maximum absolute atomic E-state index is 12.0. The zero-order chi connectivity index (χ0) is 28.7. The van der Waals surface area contributed by atoms with Gasteiger partial charge in [-0.25, -0.2) is 0 Å². The Hall–Kier alpha value is -2.55. The van der Waals surface area contributed by atoms with E-state index in [0.717, 1.165) is 22.8 Å². The molecule has 2 aromatic carbocycles. The van der Waals surface area contributed by atoms with Gasteiger partial charge in [0.2, 0.25) is 0 Å². The Morgan fingerprint density at radius 2 is 1.70 bits per heavy atom. The Labute approximate surface area is 243 Å². The van der Waals surface area contributed by atoms with E-state index in [4.69, 9.17) is 23.4 Å². The lowest BCUT2D eigenvalue weighted by molar-refractivity contribution is 0.112. The summed E-state index contributed by atoms with van der Waals surface area (Å²) in [4.78, 5) is 1.06. The van der Waals surface area contributed by atoms with Crippen LogP contribution in [0.15, 0.2) is 82.8 Å². The van der Waals surface area contributed by atoms with Crippen LogP contribution in [-0.2, 0) is 13.9 Å². The first-order valence-corrected chi connectivity index (χ1v) is 17.8. The van der Waals surface area contributed by atoms with E-state index in [1.807, 2.05) is 42.5 Å². The number of rotatable bonds is 7. The van der Waals surface area contributed by atoms with Gasteiger partial charge in [-0.1, -0.05) is 39.0 Å². The SMILES string of the molecule is COc1ccc(O[C@H]2/C=C3/O[C@@H](C[C@@H]3O[Si](C)(C)C(C)(C)C)[C@](C)(Sc3ccccc3)/C(O)=C3\OCC[C@H]32)cc1. The highest BCUT2D eigenvalue weighted by molar-refractivity contribution is 8.01. The number of aliphatic hydroxyl groups is 1. The Morgan fingerprint density at radius 1 is 1.02 bits per heavy atom. The van der Waals surface area contributed by atoms with Crippen molar-refractivity contribution in [3.05, 3.63) is 78.0 Å². The molecule has 2 saturated heterocycles. The number of fused-ring (bicyclic) bond motifs is 3. The fourth-order valence-electron chi connectivity index (χ4n) is 5.26. The van der Waals surface area contributed by atoms with Gasteiger partial charge >= 0.3 is 0 Å². The highest BCUT2D eigenvalue weighted by Gasteiger charge is 2.54. The fraction of sp³-hybridized carbons (Fsp3) is 0.500. The van der Waals surface area contributed by atoms with Crippen molar-refractivity contribution in [2.75, 3.05) is 13.7 Å². The van der Waals surface area contributed by atoms with Gasteiger partial charge in [-0.05, 0) is 74.0 Å². The van der Waals surface area contributed by atoms with Crippen molar-refractivity contribution in [3.8, 4) is 11.5 Å². The summed E-state index contributed by atoms with van der Waals surface area (Å²) in [5.74, 6) is 2.92. The third-order valence-electron chi connectivity index (χ3n) is 8.74. The van der Waals surface area contributed by atoms with Gasteiger partial charge in [-0.15, -0.1) is 11.8 Å². The summed E-state index contributed by atoms with van der Waals surface area (Å²) in [6.07, 6.45) is 2.49. The highest BCUT2D eigenvalue weighted by Crippen LogP contribution is 2.52. The molecule has 3 aliphatic heterocycles. The number of benzene rings is 2. The van der Waals surface area contributed by atoms with Crippen LogP contribution in [0.1, 0.15) is 40.5 Å². The molecule has 3 aliphatic rings. The van der Waals surface area contributed by atoms with E-state index in [1.54, 1.807) is 18.9 Å². The van der Waals surface area contributed by atoms with Crippen molar-refractivity contribution in [1.82, 2.24) is 0 Å². The van der Waals surface area contributed by atoms with Crippen molar-refractivity contribution in [1.29, 1.82) is 0 Å². The van der Waals surface area contributed by atoms with Crippen LogP contribution in [0.3, 0.4) is 0 Å². The minimum atomic E-state index is -2.13. The first-order valence-electron chi connectivity index (χ1n) is 14.1. The van der Waals surface area contributed by atoms with E-state index in [0.29, 0.717) is 24.5 Å². The molecule has 3 heterocycles. The molecule has 2 aromatic rings. The molecule has 2 fully saturated rings. The molecule has 216 valence electrons. The summed E-state index contributed by atoms with van der Waals surface area (Å²) in [5.41, 5.74) is 0. The number of ether oxygens (including phenoxy) is 4. The van der Waals surface area contributed by atoms with Gasteiger partial charge in [0.25, 0.3) is 0 Å². The van der Waals surface area contributed by atoms with Crippen LogP contribution >= 0.6 is 11.8 Å². The molecule has 0 amide bonds. The molecule has 0 spiro atoms. The van der Waals surface area contributed by atoms with Crippen molar-refractivity contribution < 1.29 is 28.5 Å². The first kappa shape index (κ1) is 29.0. The fourth-order valence-corrected chi connectivity index (χ4v) is 7.80. The average Bonchev–Trinajstić information content (AvgIpc) is 3.55. The Balaban J connectivity index is 1.59. The van der Waals surface area contributed by atoms with Crippen molar-refractivity contribution in [3.63, 3.8) is 0 Å². The smallest absolute Gasteiger partial charge is 0.193 e. The lowest BCUT2D eigenvalue weighted by Gasteiger charge is -2.38. The molecule has 5 rings (SSSR count). The van der Waals surface area contributed by atoms with E-state index in [9.17, 15) is 5.11 Å². The van der Waals surface area contributed by atoms with Gasteiger partial charge in [0.15, 0.2) is 14.1 Å². The van der Waals surface area contributed by atoms with Crippen molar-refractivity contribution >= 4 is 20.1 Å². The normalized spacial score (nSPS) is 31.5. The van der Waals surface area contributed by atoms with Gasteiger partial charge in [0, 0.05) is 11.3 Å². The molecular weight excluding hydrogens is 540 g/mol. The summed E-state index contributed by atoms with van der Waals surface area (Å²) < 4.78 is 31.1. The molecule has 0 aromatic heterocycles. The van der Waals surface area contributed by atoms with Crippen molar-refractivity contribution in [2.45, 2.75) is 86.6 Å². The largest absolute Gasteiger partial charge is 0.507 e. The Kier molecular flexibility index (Phi) is 7.98. The summed E-state index contributed by atoms with van der Waals surface area (Å²) in [6.45, 7) is 13.9. The second kappa shape index (κ2) is 11.0. The molecule has 0 radical (unpaired) electrons. The number of methoxy groups -OCH3 is 1. The maximum atomic E-state index is 12.0. The quantitative estimate of drug-likeness (QED) is 0.333. The zero-order valence-electron chi connectivity index (χ0n) is 24.6. The summed E-state index contributed by atoms with van der Waals surface area (Å²) in [7, 11) is -0.480. The summed E-state index contributed by atoms with van der Waals surface area (Å²) in [6, 6.07) is 17.7. The Bertz CT molecular complexity index is 1250. The number of hydrogen-bond acceptors (Lipinski definition) is 7. The van der Waals surface area contributed by atoms with Gasteiger partial charge in [-0.2, -0.15) is 0 Å². The number of aliphatic hydroxyl groups excluding tert-OH is 1. The molecule has 6 nitrogen and oxygen atoms in total. The van der Waals surface area contributed by atoms with Gasteiger partial charge in [0.1, 0.15) is 46.1 Å². The van der Waals surface area contributed by atoms with Crippen LogP contribution in [-0.4, -0.2) is 50.2 Å². The van der Waals surface area contributed by atoms with E-state index in [-0.39, 0.29) is 28.9 Å². The molecular formula is C32H42O6SSi. The topological polar surface area (TPSA) is 66.4 Å². The van der Waals surface area contributed by atoms with Gasteiger partial charge < -0.3 is 28.5 Å². The molecule has 1 N–H and O–H groups in total. The molecule has 40 heavy (non-hydrogen) atoms. The first-order chi connectivity index (χ1) is 18.9. The predicted molar refractivity (Wildman–Crippen MR) is 161 cm³/mol. The molecule has 0 saturated carbocycles. The lowest BCUT2D eigenvalue weighted by atomic mass is 9.89. The van der Waals surface area contributed by atoms with Gasteiger partial charge in [0.05, 0.1) is 19.6 Å². The zero-order valence-corrected chi connectivity index (χ0v) is 26.4. The number of thioether (sulfide) groups is 1. The van der Waals surface area contributed by atoms with Crippen LogP contribution in [0.5, 0.6) is 11.5 Å². The molecule has 0 aliphatic carbocycles. The summed E-state index contributed by atoms with van der Waals surface area (Å²) >= 11 is 1.61. The van der Waals surface area contributed by atoms with Crippen LogP contribution in [0.25, 0.3) is 0 Å². The third-order valence-corrected chi connectivity index (χ3v) is 14.6. The highest BCUT2D eigenvalue weighted by atomic mass is 32.2. The van der Waals surface area contributed by atoms with E-state index < -0.39 is 19.2 Å². The molecule has 0 unspecified atom stereocenters. The summed E-state index contributed by atoms with van der Waals surface area (Å²) in [5, 5.41) is 12.1. The van der Waals surface area contributed by atoms with Crippen LogP contribution in [0, 0.1) is 5.92 Å². The standard InChI is InChI=1S/C32H42O6SSi/c1-31(2,3)40(6,7)38-27-20-28-32(4,39-23-11-9-8-10-12-23)30(33)29-24(17-18-35-29)25(19-26(27)37-28)36-22-15-13-21(34-5)14-16-22/h8-16,19,24-25,27-28,33H,17-18,20H2,1-7H3/b26-19+,30-29+/t24-,25-,27-,28-,32-/m0/s1. The minimum Gasteiger partial charge on any atom is -0.507 e. The van der Waals surface area contributed by atoms with Gasteiger partial charge in [-0.3, -0.25) is 0 Å². The third kappa shape index (κ3) is 5.63. The second-order valence-corrected chi connectivity index (χ2v) is 18.8.